The zero-order chi connectivity index (χ0) is 30.3. The van der Waals surface area contributed by atoms with Crippen molar-refractivity contribution in [3.8, 4) is 22.5 Å². The Morgan fingerprint density at radius 1 is 1.07 bits per heavy atom. The largest absolute Gasteiger partial charge is 1.00 e. The molecular weight excluding hydrogens is 599 g/mol. The molecule has 0 spiro atoms. The van der Waals surface area contributed by atoms with Crippen LogP contribution in [0, 0.1) is 0 Å². The van der Waals surface area contributed by atoms with E-state index in [2.05, 4.69) is 27.1 Å². The molecule has 0 saturated heterocycles. The fraction of sp³-hybridized carbons (Fsp3) is 0.424. The Balaban J connectivity index is 0.00000208. The Hall–Kier alpha value is -2.71. The van der Waals surface area contributed by atoms with E-state index >= 15 is 0 Å². The van der Waals surface area contributed by atoms with E-state index < -0.39 is 11.4 Å². The first-order chi connectivity index (χ1) is 21.4. The van der Waals surface area contributed by atoms with Crippen molar-refractivity contribution in [2.24, 2.45) is 0 Å². The van der Waals surface area contributed by atoms with Crippen LogP contribution >= 0.6 is 0 Å². The quantitative estimate of drug-likeness (QED) is 0.220. The maximum absolute atomic E-state index is 14.3. The first-order valence-electron chi connectivity index (χ1n) is 15.5. The monoisotopic (exact) mass is 636 g/mol. The summed E-state index contributed by atoms with van der Waals surface area (Å²) in [5, 5.41) is 18.6. The van der Waals surface area contributed by atoms with Crippen molar-refractivity contribution in [3.05, 3.63) is 92.6 Å². The van der Waals surface area contributed by atoms with Gasteiger partial charge in [-0.05, 0) is 61.6 Å². The van der Waals surface area contributed by atoms with Gasteiger partial charge >= 0.3 is 57.1 Å². The predicted molar refractivity (Wildman–Crippen MR) is 165 cm³/mol. The molecule has 2 aliphatic rings. The number of rotatable bonds is 10. The Morgan fingerprint density at radius 3 is 2.47 bits per heavy atom. The summed E-state index contributed by atoms with van der Waals surface area (Å²) in [4.78, 5) is 33.0. The molecule has 2 aromatic carbocycles. The van der Waals surface area contributed by atoms with E-state index in [1.165, 1.54) is 6.33 Å². The number of nitrogens with zero attached hydrogens (tertiary/aromatic N) is 5. The van der Waals surface area contributed by atoms with E-state index in [0.717, 1.165) is 84.9 Å². The molecule has 0 radical (unpaired) electrons. The Labute approximate surface area is 303 Å². The third-order valence-corrected chi connectivity index (χ3v) is 9.01. The summed E-state index contributed by atoms with van der Waals surface area (Å²) in [5.41, 5.74) is 4.66. The number of benzene rings is 2. The molecule has 11 nitrogen and oxygen atoms in total. The van der Waals surface area contributed by atoms with Crippen LogP contribution in [0.3, 0.4) is 0 Å². The number of aromatic nitrogens is 6. The Bertz CT molecular complexity index is 1900. The number of aliphatic hydroxyl groups is 1. The van der Waals surface area contributed by atoms with Crippen molar-refractivity contribution in [3.63, 3.8) is 0 Å². The van der Waals surface area contributed by atoms with Crippen LogP contribution in [0.2, 0.25) is 0 Å². The smallest absolute Gasteiger partial charge is 1.00 e. The summed E-state index contributed by atoms with van der Waals surface area (Å²) in [6, 6.07) is 15.8. The van der Waals surface area contributed by atoms with Crippen LogP contribution in [0.15, 0.2) is 69.0 Å². The number of hydrogen-bond donors (Lipinski definition) is 2. The molecular formula is C33H37KN6O5. The van der Waals surface area contributed by atoms with Gasteiger partial charge in [0.25, 0.3) is 5.56 Å². The van der Waals surface area contributed by atoms with Gasteiger partial charge in [0.05, 0.1) is 24.0 Å². The number of H-pyrrole nitrogens is 1. The predicted octanol–water partition coefficient (Wildman–Crippen LogP) is 1.59. The van der Waals surface area contributed by atoms with Crippen molar-refractivity contribution in [2.75, 3.05) is 6.61 Å². The molecule has 3 heterocycles. The van der Waals surface area contributed by atoms with Gasteiger partial charge in [0.15, 0.2) is 5.82 Å². The van der Waals surface area contributed by atoms with Crippen LogP contribution in [0.1, 0.15) is 76.2 Å². The minimum atomic E-state index is -0.621. The van der Waals surface area contributed by atoms with Crippen molar-refractivity contribution in [2.45, 2.75) is 82.5 Å². The second kappa shape index (κ2) is 13.6. The summed E-state index contributed by atoms with van der Waals surface area (Å²) in [6.45, 7) is 2.50. The number of nitrogens with one attached hydrogen (secondary N) is 1. The molecule has 0 aliphatic heterocycles. The van der Waals surface area contributed by atoms with E-state index in [-0.39, 0.29) is 70.5 Å². The van der Waals surface area contributed by atoms with E-state index in [4.69, 9.17) is 9.26 Å². The average Bonchev–Trinajstić information content (AvgIpc) is 3.37. The first-order valence-corrected chi connectivity index (χ1v) is 15.5. The molecule has 12 heteroatoms. The summed E-state index contributed by atoms with van der Waals surface area (Å²) in [7, 11) is 0. The molecule has 0 bridgehead atoms. The third kappa shape index (κ3) is 6.73. The summed E-state index contributed by atoms with van der Waals surface area (Å²) >= 11 is 0. The van der Waals surface area contributed by atoms with Crippen LogP contribution in [0.5, 0.6) is 0 Å². The standard InChI is InChI=1S/C33H36N6O5.K.H/c1-2-5-28-27(18-21-8-10-22(11-9-21)25-6-3-4-7-26(25)29-36-32(41)44-37-29)30(40)38(31-34-20-35-39(28)31)23-12-14-24(15-13-23)43-19-33(42)16-17-33;;/h3-4,6-11,20,23-24,42H,2,5,12-19H2,1H3,(H,36,37,41);;/q;+1;-1. The molecule has 0 atom stereocenters. The fourth-order valence-corrected chi connectivity index (χ4v) is 6.40. The number of fused-ring (bicyclic) bond motifs is 1. The van der Waals surface area contributed by atoms with E-state index in [0.29, 0.717) is 24.6 Å². The molecule has 2 fully saturated rings. The SMILES string of the molecule is CCCc1c(Cc2ccc(-c3ccccc3-c3noc(=O)[nH]3)cc2)c(=O)n(C2CCC(OCC3(O)CC3)CC2)c2ncnn12.[H-].[K+]. The van der Waals surface area contributed by atoms with Crippen LogP contribution in [0.25, 0.3) is 28.3 Å². The first kappa shape index (κ1) is 32.2. The van der Waals surface area contributed by atoms with Gasteiger partial charge in [0.1, 0.15) is 6.33 Å². The van der Waals surface area contributed by atoms with E-state index in [1.807, 2.05) is 57.6 Å². The van der Waals surface area contributed by atoms with E-state index in [1.54, 1.807) is 0 Å². The van der Waals surface area contributed by atoms with Gasteiger partial charge in [-0.25, -0.2) is 9.31 Å². The number of ether oxygens (including phenoxy) is 1. The fourth-order valence-electron chi connectivity index (χ4n) is 6.40. The third-order valence-electron chi connectivity index (χ3n) is 9.01. The van der Waals surface area contributed by atoms with Crippen LogP contribution < -0.4 is 62.7 Å². The second-order valence-electron chi connectivity index (χ2n) is 12.2. The number of hydrogen-bond acceptors (Lipinski definition) is 8. The van der Waals surface area contributed by atoms with Crippen molar-refractivity contribution < 1.29 is 67.2 Å². The van der Waals surface area contributed by atoms with Crippen molar-refractivity contribution in [1.29, 1.82) is 0 Å². The molecule has 2 N–H and O–H groups in total. The van der Waals surface area contributed by atoms with Crippen molar-refractivity contribution >= 4 is 5.78 Å². The minimum absolute atomic E-state index is 0. The molecule has 230 valence electrons. The summed E-state index contributed by atoms with van der Waals surface area (Å²) in [5.74, 6) is 0.371. The average molecular weight is 637 g/mol. The maximum atomic E-state index is 14.3. The second-order valence-corrected chi connectivity index (χ2v) is 12.2. The molecule has 3 aromatic heterocycles. The molecule has 2 aliphatic carbocycles. The molecule has 2 saturated carbocycles. The molecule has 5 aromatic rings. The zero-order valence-corrected chi connectivity index (χ0v) is 28.9. The van der Waals surface area contributed by atoms with Gasteiger partial charge in [0.2, 0.25) is 5.78 Å². The number of aryl methyl sites for hydroxylation is 1. The summed E-state index contributed by atoms with van der Waals surface area (Å²) < 4.78 is 14.5. The van der Waals surface area contributed by atoms with Gasteiger partial charge in [-0.2, -0.15) is 10.1 Å². The molecule has 0 unspecified atom stereocenters. The molecule has 45 heavy (non-hydrogen) atoms. The van der Waals surface area contributed by atoms with Gasteiger partial charge < -0.3 is 11.3 Å². The normalized spacial score (nSPS) is 19.0. The van der Waals surface area contributed by atoms with Crippen molar-refractivity contribution in [1.82, 2.24) is 29.3 Å². The molecule has 0 amide bonds. The van der Waals surface area contributed by atoms with Crippen LogP contribution in [0.4, 0.5) is 0 Å². The van der Waals surface area contributed by atoms with Gasteiger partial charge in [-0.3, -0.25) is 18.9 Å². The summed E-state index contributed by atoms with van der Waals surface area (Å²) in [6.07, 6.45) is 8.63. The maximum Gasteiger partial charge on any atom is 1.00 e. The topological polar surface area (TPSA) is 141 Å². The minimum Gasteiger partial charge on any atom is -1.00 e. The Kier molecular flexibility index (Phi) is 9.72. The Morgan fingerprint density at radius 2 is 1.80 bits per heavy atom. The van der Waals surface area contributed by atoms with E-state index in [9.17, 15) is 14.7 Å². The van der Waals surface area contributed by atoms with Gasteiger partial charge in [-0.15, -0.1) is 0 Å². The zero-order valence-electron chi connectivity index (χ0n) is 26.7. The van der Waals surface area contributed by atoms with Gasteiger partial charge in [-0.1, -0.05) is 67.0 Å². The molecule has 7 rings (SSSR count). The van der Waals surface area contributed by atoms with Crippen LogP contribution in [-0.2, 0) is 17.6 Å². The number of aromatic amines is 1. The van der Waals surface area contributed by atoms with Gasteiger partial charge in [0, 0.05) is 23.6 Å². The van der Waals surface area contributed by atoms with Crippen LogP contribution in [-0.4, -0.2) is 52.7 Å².